The summed E-state index contributed by atoms with van der Waals surface area (Å²) in [5, 5.41) is 0. The highest BCUT2D eigenvalue weighted by Crippen LogP contribution is 2.25. The molecule has 0 bridgehead atoms. The molecule has 0 saturated carbocycles. The zero-order valence-corrected chi connectivity index (χ0v) is 11.2. The molecule has 3 nitrogen and oxygen atoms in total. The van der Waals surface area contributed by atoms with Crippen LogP contribution in [0.4, 0.5) is 10.1 Å². The van der Waals surface area contributed by atoms with Gasteiger partial charge in [0.1, 0.15) is 10.8 Å². The summed E-state index contributed by atoms with van der Waals surface area (Å²) in [6.07, 6.45) is 2.21. The molecule has 1 unspecified atom stereocenters. The van der Waals surface area contributed by atoms with Gasteiger partial charge in [-0.3, -0.25) is 0 Å². The second-order valence-electron chi connectivity index (χ2n) is 4.48. The van der Waals surface area contributed by atoms with Crippen molar-refractivity contribution < 1.29 is 9.13 Å². The summed E-state index contributed by atoms with van der Waals surface area (Å²) in [6.45, 7) is 1.57. The Morgan fingerprint density at radius 2 is 2.33 bits per heavy atom. The van der Waals surface area contributed by atoms with E-state index in [9.17, 15) is 4.39 Å². The molecule has 1 saturated heterocycles. The van der Waals surface area contributed by atoms with Crippen LogP contribution in [0.25, 0.3) is 0 Å². The molecule has 1 aliphatic heterocycles. The quantitative estimate of drug-likeness (QED) is 0.852. The van der Waals surface area contributed by atoms with Crippen LogP contribution in [0.3, 0.4) is 0 Å². The fourth-order valence-corrected chi connectivity index (χ4v) is 2.39. The summed E-state index contributed by atoms with van der Waals surface area (Å²) in [6, 6.07) is 4.90. The third-order valence-corrected chi connectivity index (χ3v) is 3.52. The molecule has 0 aromatic heterocycles. The summed E-state index contributed by atoms with van der Waals surface area (Å²) in [5.74, 6) is -0.281. The SMILES string of the molecule is COC1CCCN(c2ccc(C(N)=S)cc2F)C1. The van der Waals surface area contributed by atoms with E-state index in [-0.39, 0.29) is 16.9 Å². The van der Waals surface area contributed by atoms with E-state index in [0.717, 1.165) is 25.9 Å². The maximum Gasteiger partial charge on any atom is 0.147 e. The van der Waals surface area contributed by atoms with Crippen LogP contribution in [-0.2, 0) is 4.74 Å². The van der Waals surface area contributed by atoms with Gasteiger partial charge in [0.25, 0.3) is 0 Å². The van der Waals surface area contributed by atoms with Crippen molar-refractivity contribution >= 4 is 22.9 Å². The molecule has 1 atom stereocenters. The largest absolute Gasteiger partial charge is 0.389 e. The number of methoxy groups -OCH3 is 1. The molecule has 0 amide bonds. The van der Waals surface area contributed by atoms with E-state index in [4.69, 9.17) is 22.7 Å². The molecular weight excluding hydrogens is 251 g/mol. The molecule has 0 spiro atoms. The van der Waals surface area contributed by atoms with Crippen LogP contribution >= 0.6 is 12.2 Å². The van der Waals surface area contributed by atoms with E-state index in [1.807, 2.05) is 4.90 Å². The lowest BCUT2D eigenvalue weighted by Crippen LogP contribution is -2.39. The Labute approximate surface area is 112 Å². The Hall–Kier alpha value is -1.20. The molecule has 1 aliphatic rings. The zero-order valence-electron chi connectivity index (χ0n) is 10.4. The number of thiocarbonyl (C=S) groups is 1. The summed E-state index contributed by atoms with van der Waals surface area (Å²) < 4.78 is 19.4. The summed E-state index contributed by atoms with van der Waals surface area (Å²) >= 11 is 4.84. The molecule has 1 aromatic carbocycles. The number of rotatable bonds is 3. The molecule has 18 heavy (non-hydrogen) atoms. The molecule has 2 N–H and O–H groups in total. The third-order valence-electron chi connectivity index (χ3n) is 3.28. The van der Waals surface area contributed by atoms with E-state index in [1.54, 1.807) is 19.2 Å². The molecule has 1 aromatic rings. The average molecular weight is 268 g/mol. The lowest BCUT2D eigenvalue weighted by molar-refractivity contribution is 0.0892. The van der Waals surface area contributed by atoms with E-state index in [2.05, 4.69) is 0 Å². The summed E-state index contributed by atoms with van der Waals surface area (Å²) in [5.41, 5.74) is 6.64. The van der Waals surface area contributed by atoms with Crippen LogP contribution in [0.15, 0.2) is 18.2 Å². The standard InChI is InChI=1S/C13H17FN2OS/c1-17-10-3-2-6-16(8-10)12-5-4-9(13(15)18)7-11(12)14/h4-5,7,10H,2-3,6,8H2,1H3,(H2,15,18). The van der Waals surface area contributed by atoms with Crippen LogP contribution < -0.4 is 10.6 Å². The average Bonchev–Trinajstić information content (AvgIpc) is 2.38. The number of benzene rings is 1. The Morgan fingerprint density at radius 1 is 1.56 bits per heavy atom. The third kappa shape index (κ3) is 2.79. The maximum absolute atomic E-state index is 14.0. The number of halogens is 1. The van der Waals surface area contributed by atoms with Crippen LogP contribution in [0, 0.1) is 5.82 Å². The Morgan fingerprint density at radius 3 is 2.94 bits per heavy atom. The number of hydrogen-bond acceptors (Lipinski definition) is 3. The van der Waals surface area contributed by atoms with Gasteiger partial charge in [-0.2, -0.15) is 0 Å². The first-order valence-electron chi connectivity index (χ1n) is 5.99. The Kier molecular flexibility index (Phi) is 4.14. The normalized spacial score (nSPS) is 19.9. The topological polar surface area (TPSA) is 38.5 Å². The number of nitrogens with two attached hydrogens (primary N) is 1. The van der Waals surface area contributed by atoms with E-state index in [0.29, 0.717) is 11.3 Å². The first kappa shape index (κ1) is 13.2. The van der Waals surface area contributed by atoms with E-state index >= 15 is 0 Å². The number of anilines is 1. The minimum atomic E-state index is -0.281. The fraction of sp³-hybridized carbons (Fsp3) is 0.462. The van der Waals surface area contributed by atoms with Crippen molar-refractivity contribution in [1.82, 2.24) is 0 Å². The molecule has 2 rings (SSSR count). The van der Waals surface area contributed by atoms with Crippen molar-refractivity contribution in [2.24, 2.45) is 5.73 Å². The Bertz CT molecular complexity index is 453. The molecule has 5 heteroatoms. The van der Waals surface area contributed by atoms with Crippen molar-refractivity contribution in [1.29, 1.82) is 0 Å². The van der Waals surface area contributed by atoms with Crippen molar-refractivity contribution in [3.8, 4) is 0 Å². The number of piperidine rings is 1. The number of hydrogen-bond donors (Lipinski definition) is 1. The monoisotopic (exact) mass is 268 g/mol. The van der Waals surface area contributed by atoms with Gasteiger partial charge in [0.05, 0.1) is 11.8 Å². The van der Waals surface area contributed by atoms with Crippen LogP contribution in [0.5, 0.6) is 0 Å². The highest BCUT2D eigenvalue weighted by atomic mass is 32.1. The molecule has 0 radical (unpaired) electrons. The van der Waals surface area contributed by atoms with Gasteiger partial charge < -0.3 is 15.4 Å². The molecule has 0 aliphatic carbocycles. The van der Waals surface area contributed by atoms with Gasteiger partial charge in [0.2, 0.25) is 0 Å². The smallest absolute Gasteiger partial charge is 0.147 e. The highest BCUT2D eigenvalue weighted by Gasteiger charge is 2.21. The number of ether oxygens (including phenoxy) is 1. The van der Waals surface area contributed by atoms with E-state index in [1.165, 1.54) is 6.07 Å². The van der Waals surface area contributed by atoms with Crippen molar-refractivity contribution in [2.75, 3.05) is 25.1 Å². The van der Waals surface area contributed by atoms with E-state index < -0.39 is 0 Å². The minimum Gasteiger partial charge on any atom is -0.389 e. The molecule has 1 fully saturated rings. The van der Waals surface area contributed by atoms with Gasteiger partial charge in [-0.1, -0.05) is 12.2 Å². The highest BCUT2D eigenvalue weighted by molar-refractivity contribution is 7.80. The first-order chi connectivity index (χ1) is 8.61. The predicted molar refractivity (Wildman–Crippen MR) is 74.5 cm³/mol. The molecule has 98 valence electrons. The van der Waals surface area contributed by atoms with Gasteiger partial charge in [-0.15, -0.1) is 0 Å². The second-order valence-corrected chi connectivity index (χ2v) is 4.92. The van der Waals surface area contributed by atoms with Gasteiger partial charge in [0, 0.05) is 25.8 Å². The van der Waals surface area contributed by atoms with Gasteiger partial charge in [0.15, 0.2) is 0 Å². The van der Waals surface area contributed by atoms with Crippen LogP contribution in [0.1, 0.15) is 18.4 Å². The van der Waals surface area contributed by atoms with Gasteiger partial charge >= 0.3 is 0 Å². The fourth-order valence-electron chi connectivity index (χ4n) is 2.27. The van der Waals surface area contributed by atoms with Gasteiger partial charge in [-0.05, 0) is 31.0 Å². The summed E-state index contributed by atoms with van der Waals surface area (Å²) in [7, 11) is 1.69. The zero-order chi connectivity index (χ0) is 13.1. The predicted octanol–water partition coefficient (Wildman–Crippen LogP) is 2.08. The lowest BCUT2D eigenvalue weighted by atomic mass is 10.1. The Balaban J connectivity index is 2.20. The number of nitrogens with zero attached hydrogens (tertiary/aromatic N) is 1. The minimum absolute atomic E-state index is 0.174. The first-order valence-corrected chi connectivity index (χ1v) is 6.39. The van der Waals surface area contributed by atoms with Crippen LogP contribution in [-0.4, -0.2) is 31.3 Å². The van der Waals surface area contributed by atoms with Gasteiger partial charge in [-0.25, -0.2) is 4.39 Å². The lowest BCUT2D eigenvalue weighted by Gasteiger charge is -2.33. The van der Waals surface area contributed by atoms with Crippen molar-refractivity contribution in [3.05, 3.63) is 29.6 Å². The van der Waals surface area contributed by atoms with Crippen molar-refractivity contribution in [2.45, 2.75) is 18.9 Å². The summed E-state index contributed by atoms with van der Waals surface area (Å²) in [4.78, 5) is 2.23. The second kappa shape index (κ2) is 5.63. The molecule has 1 heterocycles. The molecular formula is C13H17FN2OS. The van der Waals surface area contributed by atoms with Crippen LogP contribution in [0.2, 0.25) is 0 Å². The maximum atomic E-state index is 14.0. The van der Waals surface area contributed by atoms with Crippen molar-refractivity contribution in [3.63, 3.8) is 0 Å².